The first-order valence-corrected chi connectivity index (χ1v) is 7.21. The zero-order chi connectivity index (χ0) is 14.2. The van der Waals surface area contributed by atoms with Crippen molar-refractivity contribution >= 4 is 34.2 Å². The Labute approximate surface area is 124 Å². The van der Waals surface area contributed by atoms with Gasteiger partial charge in [0.2, 0.25) is 0 Å². The Bertz CT molecular complexity index is 596. The van der Waals surface area contributed by atoms with Gasteiger partial charge in [0, 0.05) is 21.5 Å². The van der Waals surface area contributed by atoms with Crippen LogP contribution in [-0.4, -0.2) is 5.54 Å². The highest BCUT2D eigenvalue weighted by molar-refractivity contribution is 6.38. The van der Waals surface area contributed by atoms with Crippen LogP contribution in [0.2, 0.25) is 10.0 Å². The highest BCUT2D eigenvalue weighted by atomic mass is 35.5. The Morgan fingerprint density at radius 3 is 2.47 bits per heavy atom. The number of fused-ring (bicyclic) bond motifs is 1. The third kappa shape index (κ3) is 3.25. The van der Waals surface area contributed by atoms with E-state index >= 15 is 0 Å². The van der Waals surface area contributed by atoms with E-state index in [9.17, 15) is 0 Å². The van der Waals surface area contributed by atoms with Gasteiger partial charge in [-0.25, -0.2) is 0 Å². The van der Waals surface area contributed by atoms with E-state index in [0.29, 0.717) is 16.6 Å². The largest absolute Gasteiger partial charge is 0.458 e. The number of halogens is 2. The molecule has 1 N–H and O–H groups in total. The van der Waals surface area contributed by atoms with Crippen LogP contribution >= 0.6 is 23.2 Å². The molecule has 2 rings (SSSR count). The van der Waals surface area contributed by atoms with Gasteiger partial charge < -0.3 is 9.73 Å². The highest BCUT2D eigenvalue weighted by Gasteiger charge is 2.17. The van der Waals surface area contributed by atoms with Crippen LogP contribution in [-0.2, 0) is 13.0 Å². The number of aryl methyl sites for hydroxylation is 1. The predicted molar refractivity (Wildman–Crippen MR) is 82.2 cm³/mol. The second-order valence-electron chi connectivity index (χ2n) is 5.73. The first kappa shape index (κ1) is 14.7. The second kappa shape index (κ2) is 5.35. The lowest BCUT2D eigenvalue weighted by atomic mass is 10.1. The summed E-state index contributed by atoms with van der Waals surface area (Å²) in [6, 6.07) is 3.64. The smallest absolute Gasteiger partial charge is 0.153 e. The first-order valence-electron chi connectivity index (χ1n) is 6.46. The Balaban J connectivity index is 2.47. The van der Waals surface area contributed by atoms with Crippen LogP contribution in [0.3, 0.4) is 0 Å². The van der Waals surface area contributed by atoms with Crippen molar-refractivity contribution in [3.05, 3.63) is 33.5 Å². The number of hydrogen-bond donors (Lipinski definition) is 1. The normalized spacial score (nSPS) is 12.3. The molecule has 0 unspecified atom stereocenters. The van der Waals surface area contributed by atoms with E-state index in [2.05, 4.69) is 33.0 Å². The summed E-state index contributed by atoms with van der Waals surface area (Å²) >= 11 is 12.3. The van der Waals surface area contributed by atoms with Gasteiger partial charge >= 0.3 is 0 Å². The van der Waals surface area contributed by atoms with Crippen LogP contribution in [0.1, 0.15) is 39.0 Å². The van der Waals surface area contributed by atoms with Crippen molar-refractivity contribution in [3.63, 3.8) is 0 Å². The van der Waals surface area contributed by atoms with Crippen molar-refractivity contribution < 1.29 is 4.42 Å². The molecule has 0 radical (unpaired) electrons. The molecule has 1 aromatic carbocycles. The lowest BCUT2D eigenvalue weighted by Gasteiger charge is -2.19. The van der Waals surface area contributed by atoms with Gasteiger partial charge in [0.15, 0.2) is 5.58 Å². The molecule has 0 saturated heterocycles. The number of rotatable bonds is 3. The van der Waals surface area contributed by atoms with E-state index in [-0.39, 0.29) is 5.54 Å². The average Bonchev–Trinajstić information content (AvgIpc) is 2.63. The zero-order valence-electron chi connectivity index (χ0n) is 11.7. The van der Waals surface area contributed by atoms with Gasteiger partial charge in [-0.3, -0.25) is 0 Å². The SMILES string of the molecule is CCc1c(CNC(C)(C)C)oc2c(Cl)cc(Cl)cc12. The highest BCUT2D eigenvalue weighted by Crippen LogP contribution is 2.34. The third-order valence-corrected chi connectivity index (χ3v) is 3.53. The van der Waals surface area contributed by atoms with Crippen molar-refractivity contribution in [3.8, 4) is 0 Å². The van der Waals surface area contributed by atoms with Gasteiger partial charge in [0.05, 0.1) is 11.6 Å². The molecule has 2 nitrogen and oxygen atoms in total. The molecule has 0 bridgehead atoms. The summed E-state index contributed by atoms with van der Waals surface area (Å²) in [7, 11) is 0. The molecule has 0 aliphatic carbocycles. The van der Waals surface area contributed by atoms with E-state index in [1.165, 1.54) is 5.56 Å². The molecule has 1 heterocycles. The maximum atomic E-state index is 6.20. The van der Waals surface area contributed by atoms with Crippen molar-refractivity contribution in [2.45, 2.75) is 46.2 Å². The molecule has 0 saturated carbocycles. The molecule has 19 heavy (non-hydrogen) atoms. The van der Waals surface area contributed by atoms with Crippen LogP contribution in [0.25, 0.3) is 11.0 Å². The van der Waals surface area contributed by atoms with Crippen molar-refractivity contribution in [1.82, 2.24) is 5.32 Å². The molecule has 2 aromatic rings. The van der Waals surface area contributed by atoms with Gasteiger partial charge in [-0.1, -0.05) is 30.1 Å². The minimum absolute atomic E-state index is 0.0470. The van der Waals surface area contributed by atoms with Crippen LogP contribution < -0.4 is 5.32 Å². The Hall–Kier alpha value is -0.700. The fourth-order valence-corrected chi connectivity index (χ4v) is 2.63. The monoisotopic (exact) mass is 299 g/mol. The predicted octanol–water partition coefficient (Wildman–Crippen LogP) is 5.19. The molecule has 1 aromatic heterocycles. The van der Waals surface area contributed by atoms with Crippen molar-refractivity contribution in [2.24, 2.45) is 0 Å². The molecule has 0 aliphatic heterocycles. The van der Waals surface area contributed by atoms with Gasteiger partial charge in [0.1, 0.15) is 5.76 Å². The zero-order valence-corrected chi connectivity index (χ0v) is 13.2. The third-order valence-electron chi connectivity index (χ3n) is 3.03. The topological polar surface area (TPSA) is 25.2 Å². The van der Waals surface area contributed by atoms with E-state index in [1.54, 1.807) is 6.07 Å². The Morgan fingerprint density at radius 1 is 1.21 bits per heavy atom. The van der Waals surface area contributed by atoms with E-state index in [1.807, 2.05) is 6.07 Å². The fraction of sp³-hybridized carbons (Fsp3) is 0.467. The van der Waals surface area contributed by atoms with Crippen LogP contribution in [0, 0.1) is 0 Å². The second-order valence-corrected chi connectivity index (χ2v) is 6.57. The van der Waals surface area contributed by atoms with Gasteiger partial charge in [-0.05, 0) is 39.3 Å². The summed E-state index contributed by atoms with van der Waals surface area (Å²) in [5.41, 5.74) is 1.95. The quantitative estimate of drug-likeness (QED) is 0.843. The van der Waals surface area contributed by atoms with E-state index in [4.69, 9.17) is 27.6 Å². The molecule has 0 fully saturated rings. The minimum Gasteiger partial charge on any atom is -0.458 e. The lowest BCUT2D eigenvalue weighted by molar-refractivity contribution is 0.393. The molecule has 0 atom stereocenters. The molecule has 104 valence electrons. The molecule has 0 amide bonds. The molecule has 0 spiro atoms. The van der Waals surface area contributed by atoms with Crippen molar-refractivity contribution in [2.75, 3.05) is 0 Å². The number of hydrogen-bond acceptors (Lipinski definition) is 2. The number of benzene rings is 1. The summed E-state index contributed by atoms with van der Waals surface area (Å²) in [5.74, 6) is 0.941. The fourth-order valence-electron chi connectivity index (χ4n) is 2.10. The lowest BCUT2D eigenvalue weighted by Crippen LogP contribution is -2.35. The maximum absolute atomic E-state index is 6.20. The average molecular weight is 300 g/mol. The van der Waals surface area contributed by atoms with E-state index in [0.717, 1.165) is 23.2 Å². The van der Waals surface area contributed by atoms with Gasteiger partial charge in [0.25, 0.3) is 0 Å². The summed E-state index contributed by atoms with van der Waals surface area (Å²) in [6.07, 6.45) is 0.894. The Morgan fingerprint density at radius 2 is 1.89 bits per heavy atom. The van der Waals surface area contributed by atoms with E-state index < -0.39 is 0 Å². The van der Waals surface area contributed by atoms with Gasteiger partial charge in [-0.2, -0.15) is 0 Å². The molecular formula is C15H19Cl2NO. The van der Waals surface area contributed by atoms with Gasteiger partial charge in [-0.15, -0.1) is 0 Å². The van der Waals surface area contributed by atoms with Crippen LogP contribution in [0.15, 0.2) is 16.5 Å². The first-order chi connectivity index (χ1) is 8.81. The standard InChI is InChI=1S/C15H19Cl2NO/c1-5-10-11-6-9(16)7-12(17)14(11)19-13(10)8-18-15(2,3)4/h6-7,18H,5,8H2,1-4H3. The number of furan rings is 1. The molecule has 0 aliphatic rings. The maximum Gasteiger partial charge on any atom is 0.153 e. The number of nitrogens with one attached hydrogen (secondary N) is 1. The summed E-state index contributed by atoms with van der Waals surface area (Å²) in [5, 5.41) is 5.67. The summed E-state index contributed by atoms with van der Waals surface area (Å²) in [4.78, 5) is 0. The molecular weight excluding hydrogens is 281 g/mol. The van der Waals surface area contributed by atoms with Crippen molar-refractivity contribution in [1.29, 1.82) is 0 Å². The summed E-state index contributed by atoms with van der Waals surface area (Å²) in [6.45, 7) is 9.19. The van der Waals surface area contributed by atoms with Crippen LogP contribution in [0.5, 0.6) is 0 Å². The Kier molecular flexibility index (Phi) is 4.14. The summed E-state index contributed by atoms with van der Waals surface area (Å²) < 4.78 is 5.92. The molecule has 4 heteroatoms. The van der Waals surface area contributed by atoms with Crippen LogP contribution in [0.4, 0.5) is 0 Å². The minimum atomic E-state index is 0.0470.